The monoisotopic (exact) mass is 538 g/mol. The highest BCUT2D eigenvalue weighted by atomic mass is 127. The van der Waals surface area contributed by atoms with Gasteiger partial charge in [-0.25, -0.2) is 4.99 Å². The van der Waals surface area contributed by atoms with Gasteiger partial charge in [-0.1, -0.05) is 42.0 Å². The molecule has 0 unspecified atom stereocenters. The summed E-state index contributed by atoms with van der Waals surface area (Å²) in [4.78, 5) is 7.22. The van der Waals surface area contributed by atoms with Gasteiger partial charge >= 0.3 is 0 Å². The van der Waals surface area contributed by atoms with Crippen molar-refractivity contribution in [1.29, 1.82) is 0 Å². The first-order chi connectivity index (χ1) is 14.7. The minimum Gasteiger partial charge on any atom is -0.382 e. The number of aromatic nitrogens is 3. The Morgan fingerprint density at radius 2 is 1.94 bits per heavy atom. The molecular formula is C23H35IN6O. The molecule has 170 valence electrons. The number of aryl methyl sites for hydroxylation is 1. The average molecular weight is 538 g/mol. The number of piperidine rings is 1. The van der Waals surface area contributed by atoms with Crippen molar-refractivity contribution in [3.63, 3.8) is 0 Å². The molecule has 0 aliphatic carbocycles. The molecule has 0 bridgehead atoms. The number of halogens is 1. The van der Waals surface area contributed by atoms with Crippen molar-refractivity contribution >= 4 is 36.0 Å². The Labute approximate surface area is 203 Å². The number of nitrogens with zero attached hydrogens (tertiary/aromatic N) is 5. The molecule has 1 fully saturated rings. The van der Waals surface area contributed by atoms with Crippen LogP contribution in [0.5, 0.6) is 0 Å². The Morgan fingerprint density at radius 1 is 1.19 bits per heavy atom. The molecule has 0 saturated carbocycles. The summed E-state index contributed by atoms with van der Waals surface area (Å²) >= 11 is 0. The van der Waals surface area contributed by atoms with Crippen LogP contribution in [0.3, 0.4) is 0 Å². The van der Waals surface area contributed by atoms with Gasteiger partial charge in [0.15, 0.2) is 11.8 Å². The van der Waals surface area contributed by atoms with E-state index < -0.39 is 0 Å². The van der Waals surface area contributed by atoms with E-state index in [0.717, 1.165) is 69.7 Å². The van der Waals surface area contributed by atoms with Gasteiger partial charge in [0.1, 0.15) is 12.4 Å². The number of nitrogens with one attached hydrogen (secondary N) is 1. The van der Waals surface area contributed by atoms with E-state index in [9.17, 15) is 0 Å². The average Bonchev–Trinajstić information content (AvgIpc) is 3.09. The molecule has 7 nitrogen and oxygen atoms in total. The fourth-order valence-electron chi connectivity index (χ4n) is 3.46. The molecule has 1 aliphatic heterocycles. The maximum absolute atomic E-state index is 5.46. The number of guanidine groups is 1. The van der Waals surface area contributed by atoms with E-state index in [1.165, 1.54) is 11.1 Å². The van der Waals surface area contributed by atoms with Crippen molar-refractivity contribution < 1.29 is 4.74 Å². The second-order valence-electron chi connectivity index (χ2n) is 7.54. The quantitative estimate of drug-likeness (QED) is 0.240. The smallest absolute Gasteiger partial charge is 0.194 e. The maximum atomic E-state index is 5.46. The summed E-state index contributed by atoms with van der Waals surface area (Å²) < 4.78 is 7.45. The van der Waals surface area contributed by atoms with Gasteiger partial charge in [0, 0.05) is 39.9 Å². The molecule has 1 aromatic heterocycles. The summed E-state index contributed by atoms with van der Waals surface area (Å²) in [7, 11) is 1.98. The van der Waals surface area contributed by atoms with Gasteiger partial charge in [-0.15, -0.1) is 34.2 Å². The Kier molecular flexibility index (Phi) is 11.0. The van der Waals surface area contributed by atoms with Crippen LogP contribution in [0.2, 0.25) is 0 Å². The van der Waals surface area contributed by atoms with E-state index in [-0.39, 0.29) is 24.0 Å². The van der Waals surface area contributed by atoms with E-state index >= 15 is 0 Å². The van der Waals surface area contributed by atoms with Crippen molar-refractivity contribution in [2.75, 3.05) is 32.8 Å². The predicted molar refractivity (Wildman–Crippen MR) is 137 cm³/mol. The van der Waals surface area contributed by atoms with Crippen LogP contribution in [-0.2, 0) is 18.3 Å². The largest absolute Gasteiger partial charge is 0.382 e. The molecule has 1 aliphatic rings. The first-order valence-electron chi connectivity index (χ1n) is 10.9. The topological polar surface area (TPSA) is 67.6 Å². The fourth-order valence-corrected chi connectivity index (χ4v) is 3.46. The number of hydrogen-bond donors (Lipinski definition) is 1. The van der Waals surface area contributed by atoms with Crippen molar-refractivity contribution in [1.82, 2.24) is 25.0 Å². The molecule has 1 N–H and O–H groups in total. The second-order valence-corrected chi connectivity index (χ2v) is 7.54. The number of likely N-dealkylation sites (tertiary alicyclic amines) is 1. The third-order valence-corrected chi connectivity index (χ3v) is 5.38. The van der Waals surface area contributed by atoms with Crippen LogP contribution in [0, 0.1) is 6.92 Å². The van der Waals surface area contributed by atoms with Crippen molar-refractivity contribution in [2.45, 2.75) is 39.7 Å². The van der Waals surface area contributed by atoms with Crippen LogP contribution in [0.15, 0.2) is 40.9 Å². The van der Waals surface area contributed by atoms with E-state index in [4.69, 9.17) is 9.73 Å². The SMILES string of the molecule is CCOCCCNC(=NCc1nnc(C)n1C)N1CCC(=Cc2ccccc2)CC1.I. The second kappa shape index (κ2) is 13.5. The predicted octanol–water partition coefficient (Wildman–Crippen LogP) is 3.79. The highest BCUT2D eigenvalue weighted by Crippen LogP contribution is 2.19. The van der Waals surface area contributed by atoms with E-state index in [0.29, 0.717) is 6.54 Å². The van der Waals surface area contributed by atoms with Gasteiger partial charge in [0.05, 0.1) is 0 Å². The Bertz CT molecular complexity index is 839. The summed E-state index contributed by atoms with van der Waals surface area (Å²) in [5.41, 5.74) is 2.78. The van der Waals surface area contributed by atoms with Crippen molar-refractivity contribution in [2.24, 2.45) is 12.0 Å². The fraction of sp³-hybridized carbons (Fsp3) is 0.522. The van der Waals surface area contributed by atoms with Gasteiger partial charge in [0.25, 0.3) is 0 Å². The Balaban J connectivity index is 0.00000341. The molecule has 0 radical (unpaired) electrons. The maximum Gasteiger partial charge on any atom is 0.194 e. The number of rotatable bonds is 8. The van der Waals surface area contributed by atoms with E-state index in [2.05, 4.69) is 56.8 Å². The zero-order valence-corrected chi connectivity index (χ0v) is 21.2. The highest BCUT2D eigenvalue weighted by molar-refractivity contribution is 14.0. The van der Waals surface area contributed by atoms with Crippen LogP contribution in [0.1, 0.15) is 43.4 Å². The first kappa shape index (κ1) is 25.3. The summed E-state index contributed by atoms with van der Waals surface area (Å²) in [6.45, 7) is 8.81. The first-order valence-corrected chi connectivity index (χ1v) is 10.9. The zero-order valence-electron chi connectivity index (χ0n) is 18.9. The van der Waals surface area contributed by atoms with Crippen LogP contribution < -0.4 is 5.32 Å². The minimum atomic E-state index is 0. The third-order valence-electron chi connectivity index (χ3n) is 5.38. The van der Waals surface area contributed by atoms with Gasteiger partial charge in [0.2, 0.25) is 0 Å². The lowest BCUT2D eigenvalue weighted by molar-refractivity contribution is 0.145. The summed E-state index contributed by atoms with van der Waals surface area (Å²) in [5.74, 6) is 2.73. The van der Waals surface area contributed by atoms with Gasteiger partial charge < -0.3 is 19.5 Å². The standard InChI is InChI=1S/C23H34N6O.HI/c1-4-30-16-8-13-24-23(25-18-22-27-26-19(2)28(22)3)29-14-11-21(12-15-29)17-20-9-6-5-7-10-20;/h5-7,9-10,17H,4,8,11-16,18H2,1-3H3,(H,24,25);1H. The molecule has 0 atom stereocenters. The van der Waals surface area contributed by atoms with Gasteiger partial charge in [-0.05, 0) is 38.7 Å². The van der Waals surface area contributed by atoms with E-state index in [1.54, 1.807) is 0 Å². The van der Waals surface area contributed by atoms with Crippen molar-refractivity contribution in [3.05, 3.63) is 53.1 Å². The van der Waals surface area contributed by atoms with Gasteiger partial charge in [-0.2, -0.15) is 0 Å². The highest BCUT2D eigenvalue weighted by Gasteiger charge is 2.18. The molecule has 3 rings (SSSR count). The Morgan fingerprint density at radius 3 is 2.58 bits per heavy atom. The minimum absolute atomic E-state index is 0. The summed E-state index contributed by atoms with van der Waals surface area (Å²) in [5, 5.41) is 11.9. The molecule has 1 saturated heterocycles. The zero-order chi connectivity index (χ0) is 21.2. The molecule has 0 spiro atoms. The van der Waals surface area contributed by atoms with Crippen LogP contribution in [-0.4, -0.2) is 58.5 Å². The summed E-state index contributed by atoms with van der Waals surface area (Å²) in [6, 6.07) is 10.6. The lowest BCUT2D eigenvalue weighted by Crippen LogP contribution is -2.45. The van der Waals surface area contributed by atoms with Gasteiger partial charge in [-0.3, -0.25) is 0 Å². The molecule has 0 amide bonds. The molecule has 8 heteroatoms. The lowest BCUT2D eigenvalue weighted by atomic mass is 10.0. The molecular weight excluding hydrogens is 503 g/mol. The third kappa shape index (κ3) is 7.92. The molecule has 2 heterocycles. The van der Waals surface area contributed by atoms with Crippen LogP contribution in [0.4, 0.5) is 0 Å². The van der Waals surface area contributed by atoms with E-state index in [1.807, 2.05) is 25.5 Å². The number of benzene rings is 1. The van der Waals surface area contributed by atoms with Crippen LogP contribution >= 0.6 is 24.0 Å². The molecule has 31 heavy (non-hydrogen) atoms. The number of aliphatic imine (C=N–C) groups is 1. The van der Waals surface area contributed by atoms with Crippen molar-refractivity contribution in [3.8, 4) is 0 Å². The number of hydrogen-bond acceptors (Lipinski definition) is 4. The summed E-state index contributed by atoms with van der Waals surface area (Å²) in [6.07, 6.45) is 5.39. The molecule has 1 aromatic carbocycles. The number of ether oxygens (including phenoxy) is 1. The normalized spacial score (nSPS) is 14.4. The lowest BCUT2D eigenvalue weighted by Gasteiger charge is -2.31. The van der Waals surface area contributed by atoms with Crippen LogP contribution in [0.25, 0.3) is 6.08 Å². The molecule has 2 aromatic rings. The Hall–Kier alpha value is -1.94.